The number of carbonyl (C=O) groups excluding carboxylic acids is 2. The van der Waals surface area contributed by atoms with Crippen molar-refractivity contribution in [3.8, 4) is 0 Å². The summed E-state index contributed by atoms with van der Waals surface area (Å²) in [6.07, 6.45) is 3.88. The Hall–Kier alpha value is -3.57. The van der Waals surface area contributed by atoms with Crippen LogP contribution in [0.2, 0.25) is 0 Å². The molecule has 33 heavy (non-hydrogen) atoms. The minimum Gasteiger partial charge on any atom is -0.451 e. The zero-order valence-electron chi connectivity index (χ0n) is 18.3. The predicted octanol–water partition coefficient (Wildman–Crippen LogP) is 6.60. The Morgan fingerprint density at radius 1 is 1.00 bits per heavy atom. The lowest BCUT2D eigenvalue weighted by Gasteiger charge is -2.23. The molecule has 4 nitrogen and oxygen atoms in total. The van der Waals surface area contributed by atoms with Crippen LogP contribution in [0.4, 0.5) is 0 Å². The van der Waals surface area contributed by atoms with Crippen molar-refractivity contribution < 1.29 is 14.3 Å². The number of fused-ring (bicyclic) bond motifs is 2. The number of benzene rings is 2. The highest BCUT2D eigenvalue weighted by molar-refractivity contribution is 7.10. The molecule has 1 aliphatic rings. The number of allylic oxidation sites excluding steroid dienone is 1. The van der Waals surface area contributed by atoms with Crippen molar-refractivity contribution in [3.63, 3.8) is 0 Å². The zero-order valence-corrected chi connectivity index (χ0v) is 19.1. The van der Waals surface area contributed by atoms with E-state index in [-0.39, 0.29) is 5.78 Å². The fourth-order valence-electron chi connectivity index (χ4n) is 4.36. The van der Waals surface area contributed by atoms with E-state index in [0.29, 0.717) is 11.1 Å². The third kappa shape index (κ3) is 4.24. The lowest BCUT2D eigenvalue weighted by atomic mass is 9.86. The largest absolute Gasteiger partial charge is 0.451 e. The van der Waals surface area contributed by atoms with Crippen molar-refractivity contribution in [2.24, 2.45) is 0 Å². The van der Waals surface area contributed by atoms with Crippen LogP contribution in [0.3, 0.4) is 0 Å². The van der Waals surface area contributed by atoms with Crippen LogP contribution in [0.5, 0.6) is 0 Å². The summed E-state index contributed by atoms with van der Waals surface area (Å²) in [5.41, 5.74) is 4.71. The Bertz CT molecular complexity index is 1360. The molecular formula is C28H23NO3S. The van der Waals surface area contributed by atoms with Crippen molar-refractivity contribution in [1.82, 2.24) is 4.98 Å². The number of thiophene rings is 1. The molecule has 0 amide bonds. The van der Waals surface area contributed by atoms with Crippen LogP contribution in [0, 0.1) is 0 Å². The summed E-state index contributed by atoms with van der Waals surface area (Å²) in [4.78, 5) is 32.4. The number of esters is 1. The van der Waals surface area contributed by atoms with E-state index < -0.39 is 12.1 Å². The Labute approximate surface area is 196 Å². The quantitative estimate of drug-likeness (QED) is 0.252. The van der Waals surface area contributed by atoms with Crippen LogP contribution >= 0.6 is 11.3 Å². The van der Waals surface area contributed by atoms with E-state index in [1.807, 2.05) is 36.4 Å². The van der Waals surface area contributed by atoms with Gasteiger partial charge in [0.25, 0.3) is 0 Å². The van der Waals surface area contributed by atoms with Gasteiger partial charge in [-0.25, -0.2) is 9.78 Å². The Morgan fingerprint density at radius 3 is 2.58 bits per heavy atom. The average Bonchev–Trinajstić information content (AvgIpc) is 3.36. The van der Waals surface area contributed by atoms with Crippen LogP contribution in [-0.2, 0) is 11.2 Å². The number of Topliss-reactive ketones (excluding diaryl/α,β-unsaturated/α-hetero) is 1. The Balaban J connectivity index is 1.56. The fraction of sp³-hybridized carbons (Fsp3) is 0.179. The molecule has 164 valence electrons. The number of pyridine rings is 1. The smallest absolute Gasteiger partial charge is 0.339 e. The van der Waals surface area contributed by atoms with Crippen LogP contribution in [0.15, 0.2) is 72.1 Å². The maximum absolute atomic E-state index is 13.5. The van der Waals surface area contributed by atoms with Crippen molar-refractivity contribution >= 4 is 45.6 Å². The second kappa shape index (κ2) is 9.12. The molecule has 0 radical (unpaired) electrons. The zero-order chi connectivity index (χ0) is 22.8. The molecule has 1 unspecified atom stereocenters. The Morgan fingerprint density at radius 2 is 1.79 bits per heavy atom. The maximum atomic E-state index is 13.5. The molecule has 0 N–H and O–H groups in total. The molecule has 0 fully saturated rings. The molecule has 1 atom stereocenters. The normalized spacial score (nSPS) is 15.2. The van der Waals surface area contributed by atoms with E-state index >= 15 is 0 Å². The van der Waals surface area contributed by atoms with Crippen LogP contribution in [0.25, 0.3) is 22.6 Å². The molecule has 5 heteroatoms. The molecule has 5 rings (SSSR count). The van der Waals surface area contributed by atoms with Crippen molar-refractivity contribution in [3.05, 3.63) is 99.4 Å². The minimum atomic E-state index is -0.882. The van der Waals surface area contributed by atoms with Gasteiger partial charge in [-0.15, -0.1) is 11.3 Å². The predicted molar refractivity (Wildman–Crippen MR) is 133 cm³/mol. The lowest BCUT2D eigenvalue weighted by molar-refractivity contribution is 0.0319. The molecule has 2 aromatic heterocycles. The number of hydrogen-bond donors (Lipinski definition) is 0. The number of ketones is 1. The van der Waals surface area contributed by atoms with Gasteiger partial charge in [-0.3, -0.25) is 4.79 Å². The summed E-state index contributed by atoms with van der Waals surface area (Å²) in [6, 6.07) is 20.7. The highest BCUT2D eigenvalue weighted by Crippen LogP contribution is 2.37. The van der Waals surface area contributed by atoms with Gasteiger partial charge in [-0.05, 0) is 60.9 Å². The third-order valence-electron chi connectivity index (χ3n) is 5.95. The summed E-state index contributed by atoms with van der Waals surface area (Å²) in [7, 11) is 0. The van der Waals surface area contributed by atoms with E-state index in [0.717, 1.165) is 47.0 Å². The molecule has 1 aliphatic carbocycles. The van der Waals surface area contributed by atoms with Crippen molar-refractivity contribution in [2.75, 3.05) is 0 Å². The fourth-order valence-corrected chi connectivity index (χ4v) is 5.05. The third-order valence-corrected chi connectivity index (χ3v) is 6.76. The molecule has 0 saturated heterocycles. The van der Waals surface area contributed by atoms with Crippen LogP contribution in [0.1, 0.15) is 56.6 Å². The molecule has 4 aromatic rings. The van der Waals surface area contributed by atoms with Gasteiger partial charge in [0.1, 0.15) is 0 Å². The number of nitrogens with zero attached hydrogens (tertiary/aromatic N) is 1. The second-order valence-corrected chi connectivity index (χ2v) is 9.13. The molecular weight excluding hydrogens is 430 g/mol. The minimum absolute atomic E-state index is 0.213. The first-order valence-corrected chi connectivity index (χ1v) is 12.0. The standard InChI is InChI=1S/C28H23NO3S/c1-18(27(30)19-9-3-2-4-10-19)32-28(31)25-22-13-5-6-15-24(22)29-26-20(11-7-14-23(25)26)17-21-12-8-16-33-21/h2-6,8-10,12-13,15-18H,7,11,14H2,1H3. The SMILES string of the molecule is CC(OC(=O)c1c2c(nc3ccccc13)C(=Cc1cccs1)CCC2)C(=O)c1ccccc1. The highest BCUT2D eigenvalue weighted by atomic mass is 32.1. The van der Waals surface area contributed by atoms with E-state index in [2.05, 4.69) is 17.5 Å². The van der Waals surface area contributed by atoms with Gasteiger partial charge in [-0.2, -0.15) is 0 Å². The molecule has 0 aliphatic heterocycles. The molecule has 2 aromatic carbocycles. The van der Waals surface area contributed by atoms with Gasteiger partial charge in [0, 0.05) is 15.8 Å². The van der Waals surface area contributed by atoms with E-state index in [1.165, 1.54) is 4.88 Å². The van der Waals surface area contributed by atoms with Gasteiger partial charge in [-0.1, -0.05) is 54.6 Å². The summed E-state index contributed by atoms with van der Waals surface area (Å²) < 4.78 is 5.73. The van der Waals surface area contributed by atoms with Gasteiger partial charge in [0.05, 0.1) is 16.8 Å². The first kappa shape index (κ1) is 21.3. The van der Waals surface area contributed by atoms with Crippen LogP contribution in [-0.4, -0.2) is 22.8 Å². The summed E-state index contributed by atoms with van der Waals surface area (Å²) in [5.74, 6) is -0.687. The number of carbonyl (C=O) groups is 2. The average molecular weight is 454 g/mol. The summed E-state index contributed by atoms with van der Waals surface area (Å²) >= 11 is 1.68. The van der Waals surface area contributed by atoms with E-state index in [9.17, 15) is 9.59 Å². The maximum Gasteiger partial charge on any atom is 0.339 e. The molecule has 2 heterocycles. The monoisotopic (exact) mass is 453 g/mol. The van der Waals surface area contributed by atoms with Gasteiger partial charge < -0.3 is 4.74 Å². The summed E-state index contributed by atoms with van der Waals surface area (Å²) in [6.45, 7) is 1.63. The van der Waals surface area contributed by atoms with Crippen LogP contribution < -0.4 is 0 Å². The number of rotatable bonds is 5. The highest BCUT2D eigenvalue weighted by Gasteiger charge is 2.28. The first-order valence-electron chi connectivity index (χ1n) is 11.1. The number of ether oxygens (including phenoxy) is 1. The number of hydrogen-bond acceptors (Lipinski definition) is 5. The molecule has 0 spiro atoms. The molecule has 0 saturated carbocycles. The van der Waals surface area contributed by atoms with E-state index in [4.69, 9.17) is 9.72 Å². The molecule has 0 bridgehead atoms. The summed E-state index contributed by atoms with van der Waals surface area (Å²) in [5, 5.41) is 2.82. The lowest BCUT2D eigenvalue weighted by Crippen LogP contribution is -2.26. The number of aromatic nitrogens is 1. The van der Waals surface area contributed by atoms with Gasteiger partial charge >= 0.3 is 5.97 Å². The number of para-hydroxylation sites is 1. The van der Waals surface area contributed by atoms with Gasteiger partial charge in [0.2, 0.25) is 5.78 Å². The first-order chi connectivity index (χ1) is 16.1. The van der Waals surface area contributed by atoms with E-state index in [1.54, 1.807) is 42.5 Å². The second-order valence-electron chi connectivity index (χ2n) is 8.15. The topological polar surface area (TPSA) is 56.3 Å². The van der Waals surface area contributed by atoms with Crippen molar-refractivity contribution in [2.45, 2.75) is 32.3 Å². The van der Waals surface area contributed by atoms with Crippen molar-refractivity contribution in [1.29, 1.82) is 0 Å². The Kier molecular flexibility index (Phi) is 5.88. The van der Waals surface area contributed by atoms with Gasteiger partial charge in [0.15, 0.2) is 6.10 Å².